The summed E-state index contributed by atoms with van der Waals surface area (Å²) in [5.41, 5.74) is 7.93. The highest BCUT2D eigenvalue weighted by atomic mass is 16.5. The number of primary amides is 1. The van der Waals surface area contributed by atoms with Crippen LogP contribution in [0.5, 0.6) is 5.75 Å². The number of amides is 1. The summed E-state index contributed by atoms with van der Waals surface area (Å²) in [6.07, 6.45) is 2.75. The fraction of sp³-hybridized carbons (Fsp3) is 0.368. The van der Waals surface area contributed by atoms with E-state index in [1.165, 1.54) is 0 Å². The lowest BCUT2D eigenvalue weighted by atomic mass is 9.90. The molecular formula is C19H23N3O3. The highest BCUT2D eigenvalue weighted by molar-refractivity contribution is 5.92. The van der Waals surface area contributed by atoms with Crippen molar-refractivity contribution < 1.29 is 9.53 Å². The van der Waals surface area contributed by atoms with Gasteiger partial charge in [-0.1, -0.05) is 12.1 Å². The van der Waals surface area contributed by atoms with E-state index in [-0.39, 0.29) is 11.6 Å². The van der Waals surface area contributed by atoms with E-state index < -0.39 is 11.5 Å². The number of aryl methyl sites for hydroxylation is 1. The molecule has 25 heavy (non-hydrogen) atoms. The maximum atomic E-state index is 11.9. The van der Waals surface area contributed by atoms with Gasteiger partial charge >= 0.3 is 0 Å². The lowest BCUT2D eigenvalue weighted by Crippen LogP contribution is -2.31. The number of carbonyl (C=O) groups is 1. The molecule has 1 amide bonds. The Labute approximate surface area is 146 Å². The standard InChI is InChI=1S/C19H23N3O3/c1-2-25-13-8-6-12(7-9-13)11-21-16-4-3-5-17-14(16)10-15(18(20)23)19(24)22-17/h6-10,16,21H,2-5,11H2,1H3,(H2,20,23)(H,22,24). The Bertz CT molecular complexity index is 812. The van der Waals surface area contributed by atoms with Crippen molar-refractivity contribution in [3.63, 3.8) is 0 Å². The van der Waals surface area contributed by atoms with Crippen LogP contribution in [0.25, 0.3) is 0 Å². The Morgan fingerprint density at radius 1 is 1.36 bits per heavy atom. The summed E-state index contributed by atoms with van der Waals surface area (Å²) in [6, 6.07) is 9.71. The molecule has 1 unspecified atom stereocenters. The van der Waals surface area contributed by atoms with Crippen molar-refractivity contribution in [2.24, 2.45) is 5.73 Å². The molecule has 0 saturated heterocycles. The average molecular weight is 341 g/mol. The number of aromatic amines is 1. The van der Waals surface area contributed by atoms with Gasteiger partial charge in [0.2, 0.25) is 0 Å². The molecule has 1 aliphatic rings. The number of aromatic nitrogens is 1. The topological polar surface area (TPSA) is 97.2 Å². The predicted octanol–water partition coefficient (Wildman–Crippen LogP) is 2.04. The molecule has 3 rings (SSSR count). The highest BCUT2D eigenvalue weighted by Crippen LogP contribution is 2.28. The third-order valence-corrected chi connectivity index (χ3v) is 4.50. The number of fused-ring (bicyclic) bond motifs is 1. The summed E-state index contributed by atoms with van der Waals surface area (Å²) >= 11 is 0. The van der Waals surface area contributed by atoms with Gasteiger partial charge in [-0.05, 0) is 55.5 Å². The molecule has 1 aliphatic carbocycles. The molecule has 0 fully saturated rings. The van der Waals surface area contributed by atoms with Gasteiger partial charge in [-0.25, -0.2) is 0 Å². The van der Waals surface area contributed by atoms with Crippen molar-refractivity contribution in [2.75, 3.05) is 6.61 Å². The first-order chi connectivity index (χ1) is 12.1. The second kappa shape index (κ2) is 7.53. The number of carbonyl (C=O) groups excluding carboxylic acids is 1. The Kier molecular flexibility index (Phi) is 5.19. The lowest BCUT2D eigenvalue weighted by Gasteiger charge is -2.26. The summed E-state index contributed by atoms with van der Waals surface area (Å²) in [7, 11) is 0. The summed E-state index contributed by atoms with van der Waals surface area (Å²) in [5, 5.41) is 3.52. The summed E-state index contributed by atoms with van der Waals surface area (Å²) in [6.45, 7) is 3.30. The maximum Gasteiger partial charge on any atom is 0.261 e. The van der Waals surface area contributed by atoms with Gasteiger partial charge in [0.25, 0.3) is 11.5 Å². The number of nitrogens with one attached hydrogen (secondary N) is 2. The number of nitrogens with two attached hydrogens (primary N) is 1. The summed E-state index contributed by atoms with van der Waals surface area (Å²) < 4.78 is 5.45. The Morgan fingerprint density at radius 3 is 2.80 bits per heavy atom. The van der Waals surface area contributed by atoms with Gasteiger partial charge in [0.15, 0.2) is 0 Å². The van der Waals surface area contributed by atoms with Crippen LogP contribution in [0.4, 0.5) is 0 Å². The zero-order chi connectivity index (χ0) is 17.8. The van der Waals surface area contributed by atoms with Gasteiger partial charge in [0.05, 0.1) is 6.61 Å². The van der Waals surface area contributed by atoms with Gasteiger partial charge in [-0.2, -0.15) is 0 Å². The van der Waals surface area contributed by atoms with E-state index in [9.17, 15) is 9.59 Å². The molecule has 0 radical (unpaired) electrons. The Balaban J connectivity index is 1.75. The molecule has 0 bridgehead atoms. The molecule has 1 atom stereocenters. The second-order valence-electron chi connectivity index (χ2n) is 6.21. The molecule has 6 nitrogen and oxygen atoms in total. The zero-order valence-electron chi connectivity index (χ0n) is 14.3. The largest absolute Gasteiger partial charge is 0.494 e. The van der Waals surface area contributed by atoms with Gasteiger partial charge in [-0.3, -0.25) is 9.59 Å². The smallest absolute Gasteiger partial charge is 0.261 e. The molecule has 132 valence electrons. The first-order valence-electron chi connectivity index (χ1n) is 8.59. The minimum atomic E-state index is -0.695. The van der Waals surface area contributed by atoms with E-state index in [1.54, 1.807) is 6.07 Å². The second-order valence-corrected chi connectivity index (χ2v) is 6.21. The maximum absolute atomic E-state index is 11.9. The highest BCUT2D eigenvalue weighted by Gasteiger charge is 2.23. The Morgan fingerprint density at radius 2 is 2.12 bits per heavy atom. The predicted molar refractivity (Wildman–Crippen MR) is 95.7 cm³/mol. The lowest BCUT2D eigenvalue weighted by molar-refractivity contribution is 0.0998. The van der Waals surface area contributed by atoms with Crippen molar-refractivity contribution in [3.05, 3.63) is 63.1 Å². The number of hydrogen-bond acceptors (Lipinski definition) is 4. The monoisotopic (exact) mass is 341 g/mol. The molecular weight excluding hydrogens is 318 g/mol. The van der Waals surface area contributed by atoms with Gasteiger partial charge in [0.1, 0.15) is 11.3 Å². The van der Waals surface area contributed by atoms with Gasteiger partial charge in [-0.15, -0.1) is 0 Å². The molecule has 1 aromatic heterocycles. The van der Waals surface area contributed by atoms with Crippen LogP contribution in [0.15, 0.2) is 35.1 Å². The quantitative estimate of drug-likeness (QED) is 0.749. The Hall–Kier alpha value is -2.60. The van der Waals surface area contributed by atoms with Crippen molar-refractivity contribution in [1.29, 1.82) is 0 Å². The number of hydrogen-bond donors (Lipinski definition) is 3. The van der Waals surface area contributed by atoms with Crippen molar-refractivity contribution >= 4 is 5.91 Å². The van der Waals surface area contributed by atoms with Crippen molar-refractivity contribution in [1.82, 2.24) is 10.3 Å². The number of pyridine rings is 1. The van der Waals surface area contributed by atoms with Crippen LogP contribution in [-0.2, 0) is 13.0 Å². The minimum absolute atomic E-state index is 0.0218. The molecule has 0 saturated carbocycles. The van der Waals surface area contributed by atoms with E-state index in [2.05, 4.69) is 10.3 Å². The zero-order valence-corrected chi connectivity index (χ0v) is 14.3. The summed E-state index contributed by atoms with van der Waals surface area (Å²) in [5.74, 6) is 0.165. The van der Waals surface area contributed by atoms with E-state index in [0.29, 0.717) is 13.2 Å². The molecule has 1 aromatic carbocycles. The normalized spacial score (nSPS) is 16.3. The van der Waals surface area contributed by atoms with Crippen LogP contribution >= 0.6 is 0 Å². The SMILES string of the molecule is CCOc1ccc(CNC2CCCc3[nH]c(=O)c(C(N)=O)cc32)cc1. The third kappa shape index (κ3) is 3.91. The number of benzene rings is 1. The van der Waals surface area contributed by atoms with Crippen molar-refractivity contribution in [3.8, 4) is 5.75 Å². The molecule has 6 heteroatoms. The van der Waals surface area contributed by atoms with E-state index in [4.69, 9.17) is 10.5 Å². The molecule has 4 N–H and O–H groups in total. The number of H-pyrrole nitrogens is 1. The fourth-order valence-corrected chi connectivity index (χ4v) is 3.25. The van der Waals surface area contributed by atoms with E-state index in [1.807, 2.05) is 31.2 Å². The molecule has 1 heterocycles. The molecule has 2 aromatic rings. The van der Waals surface area contributed by atoms with Gasteiger partial charge in [0, 0.05) is 18.3 Å². The van der Waals surface area contributed by atoms with Crippen LogP contribution in [0, 0.1) is 0 Å². The molecule has 0 aliphatic heterocycles. The summed E-state index contributed by atoms with van der Waals surface area (Å²) in [4.78, 5) is 26.2. The average Bonchev–Trinajstić information content (AvgIpc) is 2.60. The fourth-order valence-electron chi connectivity index (χ4n) is 3.25. The van der Waals surface area contributed by atoms with Gasteiger partial charge < -0.3 is 20.8 Å². The van der Waals surface area contributed by atoms with E-state index >= 15 is 0 Å². The number of rotatable bonds is 6. The van der Waals surface area contributed by atoms with Crippen LogP contribution in [0.2, 0.25) is 0 Å². The number of ether oxygens (including phenoxy) is 1. The van der Waals surface area contributed by atoms with Crippen molar-refractivity contribution in [2.45, 2.75) is 38.8 Å². The first-order valence-corrected chi connectivity index (χ1v) is 8.59. The van der Waals surface area contributed by atoms with Crippen LogP contribution in [0.1, 0.15) is 53.0 Å². The minimum Gasteiger partial charge on any atom is -0.494 e. The van der Waals surface area contributed by atoms with Crippen LogP contribution in [-0.4, -0.2) is 17.5 Å². The third-order valence-electron chi connectivity index (χ3n) is 4.50. The van der Waals surface area contributed by atoms with Crippen LogP contribution in [0.3, 0.4) is 0 Å². The van der Waals surface area contributed by atoms with E-state index in [0.717, 1.165) is 41.8 Å². The first kappa shape index (κ1) is 17.2. The van der Waals surface area contributed by atoms with Crippen LogP contribution < -0.4 is 21.3 Å². The molecule has 0 spiro atoms.